The van der Waals surface area contributed by atoms with E-state index in [-0.39, 0.29) is 12.0 Å². The zero-order chi connectivity index (χ0) is 16.4. The van der Waals surface area contributed by atoms with Crippen molar-refractivity contribution in [3.8, 4) is 5.88 Å². The Hall–Kier alpha value is -2.27. The van der Waals surface area contributed by atoms with Gasteiger partial charge in [-0.25, -0.2) is 4.98 Å². The van der Waals surface area contributed by atoms with Crippen LogP contribution >= 0.6 is 11.6 Å². The first-order valence-corrected chi connectivity index (χ1v) is 7.75. The fraction of sp³-hybridized carbons (Fsp3) is 0.294. The number of rotatable bonds is 4. The summed E-state index contributed by atoms with van der Waals surface area (Å²) in [5.74, 6) is 0.557. The van der Waals surface area contributed by atoms with E-state index in [0.717, 1.165) is 5.69 Å². The lowest BCUT2D eigenvalue weighted by atomic mass is 10.1. The van der Waals surface area contributed by atoms with Crippen LogP contribution in [0.25, 0.3) is 0 Å². The molecule has 1 fully saturated rings. The number of benzene rings is 1. The Bertz CT molecular complexity index is 680. The zero-order valence-electron chi connectivity index (χ0n) is 13.1. The van der Waals surface area contributed by atoms with E-state index in [2.05, 4.69) is 4.98 Å². The molecule has 0 N–H and O–H groups in total. The minimum absolute atomic E-state index is 0.0197. The molecule has 2 aromatic rings. The van der Waals surface area contributed by atoms with Crippen LogP contribution in [-0.4, -0.2) is 49.1 Å². The van der Waals surface area contributed by atoms with Crippen LogP contribution in [0.2, 0.25) is 5.02 Å². The summed E-state index contributed by atoms with van der Waals surface area (Å²) >= 11 is 5.79. The Morgan fingerprint density at radius 1 is 1.22 bits per heavy atom. The molecule has 6 heteroatoms. The molecule has 0 unspecified atom stereocenters. The summed E-state index contributed by atoms with van der Waals surface area (Å²) in [4.78, 5) is 20.2. The first kappa shape index (κ1) is 15.6. The highest BCUT2D eigenvalue weighted by atomic mass is 35.5. The normalized spacial score (nSPS) is 14.3. The summed E-state index contributed by atoms with van der Waals surface area (Å²) in [6, 6.07) is 11.1. The second kappa shape index (κ2) is 6.46. The molecule has 1 amide bonds. The van der Waals surface area contributed by atoms with Crippen LogP contribution in [0.3, 0.4) is 0 Å². The van der Waals surface area contributed by atoms with Crippen molar-refractivity contribution in [2.45, 2.75) is 6.10 Å². The highest BCUT2D eigenvalue weighted by Gasteiger charge is 2.33. The van der Waals surface area contributed by atoms with Gasteiger partial charge in [0.15, 0.2) is 0 Å². The van der Waals surface area contributed by atoms with Gasteiger partial charge in [0.1, 0.15) is 6.10 Å². The minimum Gasteiger partial charge on any atom is -0.471 e. The van der Waals surface area contributed by atoms with Gasteiger partial charge in [-0.3, -0.25) is 4.79 Å². The molecule has 1 aromatic heterocycles. The molecule has 23 heavy (non-hydrogen) atoms. The van der Waals surface area contributed by atoms with E-state index in [1.807, 2.05) is 43.3 Å². The van der Waals surface area contributed by atoms with Gasteiger partial charge in [-0.05, 0) is 30.3 Å². The average molecular weight is 332 g/mol. The maximum atomic E-state index is 12.4. The van der Waals surface area contributed by atoms with E-state index >= 15 is 0 Å². The van der Waals surface area contributed by atoms with E-state index in [4.69, 9.17) is 16.3 Å². The lowest BCUT2D eigenvalue weighted by Gasteiger charge is -2.38. The minimum atomic E-state index is -0.0197. The monoisotopic (exact) mass is 331 g/mol. The smallest absolute Gasteiger partial charge is 0.254 e. The summed E-state index contributed by atoms with van der Waals surface area (Å²) in [6.07, 6.45) is 1.53. The molecule has 3 rings (SSSR count). The van der Waals surface area contributed by atoms with Gasteiger partial charge >= 0.3 is 0 Å². The number of anilines is 1. The SMILES string of the molecule is CN(C)c1ccc(C(=O)N2CC(Oc3ccc(Cl)cn3)C2)cc1. The number of carbonyl (C=O) groups is 1. The number of ether oxygens (including phenoxy) is 1. The van der Waals surface area contributed by atoms with Crippen LogP contribution in [0.5, 0.6) is 5.88 Å². The Kier molecular flexibility index (Phi) is 4.39. The quantitative estimate of drug-likeness (QED) is 0.864. The summed E-state index contributed by atoms with van der Waals surface area (Å²) in [7, 11) is 3.94. The van der Waals surface area contributed by atoms with Crippen molar-refractivity contribution in [1.82, 2.24) is 9.88 Å². The number of amides is 1. The summed E-state index contributed by atoms with van der Waals surface area (Å²) in [6.45, 7) is 1.14. The first-order chi connectivity index (χ1) is 11.0. The molecule has 0 bridgehead atoms. The molecule has 120 valence electrons. The number of likely N-dealkylation sites (tertiary alicyclic amines) is 1. The van der Waals surface area contributed by atoms with Gasteiger partial charge < -0.3 is 14.5 Å². The number of carbonyl (C=O) groups excluding carboxylic acids is 1. The molecular formula is C17H18ClN3O2. The number of aromatic nitrogens is 1. The van der Waals surface area contributed by atoms with E-state index in [1.54, 1.807) is 23.2 Å². The second-order valence-electron chi connectivity index (χ2n) is 5.71. The zero-order valence-corrected chi connectivity index (χ0v) is 13.8. The van der Waals surface area contributed by atoms with Crippen LogP contribution in [0.15, 0.2) is 42.6 Å². The van der Waals surface area contributed by atoms with Crippen LogP contribution < -0.4 is 9.64 Å². The predicted octanol–water partition coefficient (Wildman–Crippen LogP) is 2.70. The van der Waals surface area contributed by atoms with Crippen molar-refractivity contribution in [3.63, 3.8) is 0 Å². The molecule has 0 saturated carbocycles. The van der Waals surface area contributed by atoms with Crippen molar-refractivity contribution in [2.75, 3.05) is 32.1 Å². The molecule has 5 nitrogen and oxygen atoms in total. The lowest BCUT2D eigenvalue weighted by molar-refractivity contribution is 0.0160. The molecule has 0 spiro atoms. The number of hydrogen-bond acceptors (Lipinski definition) is 4. The topological polar surface area (TPSA) is 45.7 Å². The predicted molar refractivity (Wildman–Crippen MR) is 90.3 cm³/mol. The Morgan fingerprint density at radius 2 is 1.91 bits per heavy atom. The molecule has 1 aliphatic heterocycles. The van der Waals surface area contributed by atoms with Crippen molar-refractivity contribution in [3.05, 3.63) is 53.2 Å². The van der Waals surface area contributed by atoms with Gasteiger partial charge in [0.05, 0.1) is 18.1 Å². The van der Waals surface area contributed by atoms with Gasteiger partial charge in [-0.2, -0.15) is 0 Å². The Balaban J connectivity index is 1.54. The third-order valence-electron chi connectivity index (χ3n) is 3.75. The maximum Gasteiger partial charge on any atom is 0.254 e. The largest absolute Gasteiger partial charge is 0.471 e. The number of halogens is 1. The Morgan fingerprint density at radius 3 is 2.48 bits per heavy atom. The molecule has 1 saturated heterocycles. The fourth-order valence-electron chi connectivity index (χ4n) is 2.37. The molecule has 1 aliphatic rings. The van der Waals surface area contributed by atoms with Crippen molar-refractivity contribution < 1.29 is 9.53 Å². The van der Waals surface area contributed by atoms with Gasteiger partial charge in [-0.15, -0.1) is 0 Å². The van der Waals surface area contributed by atoms with Crippen LogP contribution in [-0.2, 0) is 0 Å². The average Bonchev–Trinajstić information content (AvgIpc) is 2.52. The molecule has 2 heterocycles. The molecule has 1 aromatic carbocycles. The number of pyridine rings is 1. The molecule has 0 atom stereocenters. The van der Waals surface area contributed by atoms with E-state index in [9.17, 15) is 4.79 Å². The first-order valence-electron chi connectivity index (χ1n) is 7.38. The van der Waals surface area contributed by atoms with Crippen LogP contribution in [0.1, 0.15) is 10.4 Å². The van der Waals surface area contributed by atoms with Gasteiger partial charge in [0.2, 0.25) is 5.88 Å². The van der Waals surface area contributed by atoms with Crippen molar-refractivity contribution in [1.29, 1.82) is 0 Å². The second-order valence-corrected chi connectivity index (χ2v) is 6.14. The number of nitrogens with zero attached hydrogens (tertiary/aromatic N) is 3. The maximum absolute atomic E-state index is 12.4. The molecular weight excluding hydrogens is 314 g/mol. The van der Waals surface area contributed by atoms with Crippen LogP contribution in [0.4, 0.5) is 5.69 Å². The van der Waals surface area contributed by atoms with Crippen LogP contribution in [0, 0.1) is 0 Å². The summed E-state index contributed by atoms with van der Waals surface area (Å²) in [5, 5.41) is 0.573. The van der Waals surface area contributed by atoms with Gasteiger partial charge in [0, 0.05) is 37.6 Å². The van der Waals surface area contributed by atoms with Crippen molar-refractivity contribution in [2.24, 2.45) is 0 Å². The Labute approximate surface area is 140 Å². The van der Waals surface area contributed by atoms with Gasteiger partial charge in [-0.1, -0.05) is 11.6 Å². The molecule has 0 radical (unpaired) electrons. The van der Waals surface area contributed by atoms with E-state index < -0.39 is 0 Å². The fourth-order valence-corrected chi connectivity index (χ4v) is 2.48. The summed E-state index contributed by atoms with van der Waals surface area (Å²) in [5.41, 5.74) is 1.76. The molecule has 0 aliphatic carbocycles. The highest BCUT2D eigenvalue weighted by Crippen LogP contribution is 2.20. The van der Waals surface area contributed by atoms with E-state index in [1.165, 1.54) is 0 Å². The van der Waals surface area contributed by atoms with Crippen molar-refractivity contribution >= 4 is 23.2 Å². The third kappa shape index (κ3) is 3.56. The summed E-state index contributed by atoms with van der Waals surface area (Å²) < 4.78 is 5.70. The third-order valence-corrected chi connectivity index (χ3v) is 3.98. The number of hydrogen-bond donors (Lipinski definition) is 0. The van der Waals surface area contributed by atoms with E-state index in [0.29, 0.717) is 29.6 Å². The highest BCUT2D eigenvalue weighted by molar-refractivity contribution is 6.30. The standard InChI is InChI=1S/C17H18ClN3O2/c1-20(2)14-6-3-12(4-7-14)17(22)21-10-15(11-21)23-16-8-5-13(18)9-19-16/h3-9,15H,10-11H2,1-2H3. The lowest BCUT2D eigenvalue weighted by Crippen LogP contribution is -2.56. The van der Waals surface area contributed by atoms with Gasteiger partial charge in [0.25, 0.3) is 5.91 Å².